The van der Waals surface area contributed by atoms with Crippen molar-refractivity contribution in [2.24, 2.45) is 0 Å². The predicted molar refractivity (Wildman–Crippen MR) is 113 cm³/mol. The maximum Gasteiger partial charge on any atom is 3.00 e. The summed E-state index contributed by atoms with van der Waals surface area (Å²) in [6.07, 6.45) is 0. The summed E-state index contributed by atoms with van der Waals surface area (Å²) < 4.78 is 73.9. The molecule has 0 aromatic heterocycles. The molecule has 0 N–H and O–H groups in total. The number of hydrogen-bond donors (Lipinski definition) is 0. The zero-order valence-corrected chi connectivity index (χ0v) is 22.6. The topological polar surface area (TPSA) is 176 Å². The van der Waals surface area contributed by atoms with Crippen LogP contribution in [0.5, 0.6) is 0 Å². The summed E-state index contributed by atoms with van der Waals surface area (Å²) in [5, 5.41) is 0. The second-order valence-electron chi connectivity index (χ2n) is 4.79. The molecule has 16 heteroatoms. The summed E-state index contributed by atoms with van der Waals surface area (Å²) in [6.45, 7) is 13.2. The van der Waals surface area contributed by atoms with Crippen LogP contribution < -0.4 is 0 Å². The van der Waals surface area contributed by atoms with Gasteiger partial charge in [0.2, 0.25) is 0 Å². The Bertz CT molecular complexity index is 818. The van der Waals surface area contributed by atoms with E-state index >= 15 is 0 Å². The van der Waals surface area contributed by atoms with Gasteiger partial charge in [0.15, 0.2) is 10.1 Å². The van der Waals surface area contributed by atoms with Crippen molar-refractivity contribution < 1.29 is 86.7 Å². The molecule has 0 heterocycles. The number of alkyl halides is 3. The minimum Gasteiger partial charge on any atom is -0.577 e. The maximum atomic E-state index is 10.7. The molecular weight excluding hydrogens is 636 g/mol. The van der Waals surface area contributed by atoms with Crippen LogP contribution in [-0.4, -0.2) is 18.5 Å². The predicted octanol–water partition coefficient (Wildman–Crippen LogP) is 5.45. The molecule has 0 bridgehead atoms. The Morgan fingerprint density at radius 1 is 0.806 bits per heavy atom. The number of aryl methyl sites for hydroxylation is 2. The Balaban J connectivity index is -0.0000000434. The Morgan fingerprint density at radius 2 is 1.06 bits per heavy atom. The first kappa shape index (κ1) is 54.8. The van der Waals surface area contributed by atoms with Crippen LogP contribution in [0, 0.1) is 37.0 Å². The van der Waals surface area contributed by atoms with Gasteiger partial charge in [-0.2, -0.15) is 66.8 Å². The minimum atomic E-state index is -6.09. The summed E-state index contributed by atoms with van der Waals surface area (Å²) in [4.78, 5) is 14.5. The van der Waals surface area contributed by atoms with Crippen molar-refractivity contribution in [1.29, 1.82) is 0 Å². The summed E-state index contributed by atoms with van der Waals surface area (Å²) in [6, 6.07) is 26.5. The van der Waals surface area contributed by atoms with E-state index in [2.05, 4.69) is 51.4 Å². The van der Waals surface area contributed by atoms with E-state index in [0.29, 0.717) is 0 Å². The first-order valence-electron chi connectivity index (χ1n) is 7.87. The molecule has 3 rings (SSSR count). The van der Waals surface area contributed by atoms with Crippen LogP contribution >= 0.6 is 0 Å². The molecule has 0 atom stereocenters. The normalized spacial score (nSPS) is 7.50. The zero-order valence-electron chi connectivity index (χ0n) is 18.4. The van der Waals surface area contributed by atoms with Gasteiger partial charge in [0.1, 0.15) is 0 Å². The Kier molecular flexibility index (Phi) is 61.1. The van der Waals surface area contributed by atoms with Gasteiger partial charge in [-0.15, -0.1) is 0 Å². The molecule has 0 fully saturated rings. The Labute approximate surface area is 239 Å². The molecule has 0 aliphatic heterocycles. The second kappa shape index (κ2) is 40.2. The van der Waals surface area contributed by atoms with E-state index in [0.717, 1.165) is 0 Å². The third kappa shape index (κ3) is 45.5. The van der Waals surface area contributed by atoms with Crippen molar-refractivity contribution in [3.05, 3.63) is 124 Å². The van der Waals surface area contributed by atoms with E-state index in [1.165, 1.54) is 11.1 Å². The van der Waals surface area contributed by atoms with E-state index in [1.807, 2.05) is 54.6 Å². The molecule has 0 unspecified atom stereocenters. The van der Waals surface area contributed by atoms with Crippen LogP contribution in [0.2, 0.25) is 0 Å². The molecule has 3 aromatic carbocycles. The second-order valence-corrected chi connectivity index (χ2v) is 6.16. The van der Waals surface area contributed by atoms with E-state index in [-0.39, 0.29) is 51.2 Å². The van der Waals surface area contributed by atoms with Crippen molar-refractivity contribution in [3.8, 4) is 0 Å². The quantitative estimate of drug-likeness (QED) is 0.103. The van der Waals surface area contributed by atoms with Gasteiger partial charge in [-0.3, -0.25) is 0 Å². The number of hydrogen-bond acceptors (Lipinski definition) is 5. The smallest absolute Gasteiger partial charge is 0.577 e. The number of halogens is 3. The van der Waals surface area contributed by atoms with Gasteiger partial charge in [-0.05, 0) is 0 Å². The molecule has 0 aliphatic carbocycles. The van der Waals surface area contributed by atoms with Crippen molar-refractivity contribution in [3.63, 3.8) is 0 Å². The van der Waals surface area contributed by atoms with Crippen LogP contribution in [0.4, 0.5) is 13.2 Å². The molecular formula is C20H19F3Fe2MnN2O7S-. The van der Waals surface area contributed by atoms with Crippen LogP contribution in [0.25, 0.3) is 11.2 Å². The van der Waals surface area contributed by atoms with Gasteiger partial charge in [0.25, 0.3) is 0 Å². The van der Waals surface area contributed by atoms with E-state index < -0.39 is 15.6 Å². The number of nitrogens with zero attached hydrogens (tertiary/aromatic N) is 2. The molecule has 0 radical (unpaired) electrons. The molecule has 0 spiro atoms. The summed E-state index contributed by atoms with van der Waals surface area (Å²) in [5.74, 6) is 0. The molecule has 0 amide bonds. The number of nitroso groups, excluding NO2 is 2. The monoisotopic (exact) mass is 655 g/mol. The molecule has 0 aliphatic rings. The van der Waals surface area contributed by atoms with Crippen molar-refractivity contribution in [1.82, 2.24) is 0 Å². The molecule has 3 aromatic rings. The Morgan fingerprint density at radius 3 is 1.11 bits per heavy atom. The van der Waals surface area contributed by atoms with Crippen molar-refractivity contribution >= 4 is 10.1 Å². The van der Waals surface area contributed by atoms with E-state index in [1.54, 1.807) is 0 Å². The van der Waals surface area contributed by atoms with Gasteiger partial charge in [-0.1, -0.05) is 13.8 Å². The van der Waals surface area contributed by atoms with Gasteiger partial charge in [-0.25, -0.2) is 44.8 Å². The first-order valence-corrected chi connectivity index (χ1v) is 9.27. The fourth-order valence-corrected chi connectivity index (χ4v) is 1.26. The minimum absolute atomic E-state index is 0. The average molecular weight is 655 g/mol. The molecule has 9 nitrogen and oxygen atoms in total. The van der Waals surface area contributed by atoms with Gasteiger partial charge < -0.3 is 25.6 Å². The molecule has 0 saturated carbocycles. The van der Waals surface area contributed by atoms with Crippen LogP contribution in [0.3, 0.4) is 0 Å². The van der Waals surface area contributed by atoms with E-state index in [4.69, 9.17) is 43.3 Å². The van der Waals surface area contributed by atoms with Gasteiger partial charge in [0, 0.05) is 17.1 Å². The average Bonchev–Trinajstić information content (AvgIpc) is 3.59. The summed E-state index contributed by atoms with van der Waals surface area (Å²) in [7, 11) is -6.09. The number of rotatable bonds is 0. The summed E-state index contributed by atoms with van der Waals surface area (Å²) in [5.41, 5.74) is 8.54. The largest absolute Gasteiger partial charge is 3.00 e. The van der Waals surface area contributed by atoms with Gasteiger partial charge >= 0.3 is 62.3 Å². The van der Waals surface area contributed by atoms with Crippen molar-refractivity contribution in [2.75, 3.05) is 0 Å². The summed E-state index contributed by atoms with van der Waals surface area (Å²) >= 11 is 0. The van der Waals surface area contributed by atoms with Crippen LogP contribution in [-0.2, 0) is 70.6 Å². The maximum absolute atomic E-state index is 10.7. The molecule has 202 valence electrons. The first-order chi connectivity index (χ1) is 15.5. The third-order valence-corrected chi connectivity index (χ3v) is 3.06. The third-order valence-electron chi connectivity index (χ3n) is 2.50. The standard InChI is InChI=1S/2C6H7.C5H5.CHF3O3S.2CO.2Fe.Mn.2NO/c2*1-6-4-2-3-5-6;1-2-4-5-3-1;2-1(3,4)8(5,6)7;2*1-2;;;;2*1-2/h2*2-5H,1H3;1-5H;(H,5,6,7);;;;;;;/q3*-1;;;;;+2;+3;2*-1/p-1. The Hall–Kier alpha value is -2.01. The SMILES string of the molecule is Cc1ccc[cH-]1.Cc1ccc[cH-]1.O=S(=O)([O-])C(F)(F)F.[C-]#[O+].[C-]#[O+].[Fe+2].[Fe].[Mn+3].[N-]=O.[N-]=O.c1cc[cH-]c1. The molecule has 36 heavy (non-hydrogen) atoms. The fourth-order valence-electron chi connectivity index (χ4n) is 1.26. The zero-order chi connectivity index (χ0) is 27.3. The van der Waals surface area contributed by atoms with Gasteiger partial charge in [0.05, 0.1) is 0 Å². The molecule has 0 saturated heterocycles. The van der Waals surface area contributed by atoms with Crippen LogP contribution in [0.15, 0.2) is 78.9 Å². The van der Waals surface area contributed by atoms with Crippen LogP contribution in [0.1, 0.15) is 11.1 Å². The van der Waals surface area contributed by atoms with E-state index in [9.17, 15) is 13.2 Å². The van der Waals surface area contributed by atoms with Crippen molar-refractivity contribution in [2.45, 2.75) is 19.4 Å². The fraction of sp³-hybridized carbons (Fsp3) is 0.150.